The molecule has 2 aromatic heterocycles. The highest BCUT2D eigenvalue weighted by Gasteiger charge is 2.23. The molecule has 5 aromatic rings. The number of benzene rings is 3. The second-order valence-electron chi connectivity index (χ2n) is 8.62. The average Bonchev–Trinajstić information content (AvgIpc) is 3.26. The highest BCUT2D eigenvalue weighted by molar-refractivity contribution is 5.86. The Labute approximate surface area is 204 Å². The molecule has 1 amide bonds. The van der Waals surface area contributed by atoms with E-state index in [-0.39, 0.29) is 24.1 Å². The van der Waals surface area contributed by atoms with Crippen LogP contribution in [0.15, 0.2) is 109 Å². The van der Waals surface area contributed by atoms with E-state index in [2.05, 4.69) is 45.3 Å². The minimum absolute atomic E-state index is 0.0788. The molecule has 2 heterocycles. The van der Waals surface area contributed by atoms with Crippen molar-refractivity contribution in [3.63, 3.8) is 0 Å². The van der Waals surface area contributed by atoms with Crippen LogP contribution in [-0.2, 0) is 17.9 Å². The van der Waals surface area contributed by atoms with Crippen LogP contribution in [0.25, 0.3) is 10.9 Å². The minimum Gasteiger partial charge on any atom is -0.350 e. The number of aromatic nitrogens is 2. The van der Waals surface area contributed by atoms with Gasteiger partial charge in [-0.25, -0.2) is 4.39 Å². The zero-order valence-electron chi connectivity index (χ0n) is 19.3. The number of hydrogen-bond acceptors (Lipinski definition) is 2. The third-order valence-electron chi connectivity index (χ3n) is 6.25. The maximum atomic E-state index is 13.7. The average molecular weight is 464 g/mol. The van der Waals surface area contributed by atoms with Gasteiger partial charge in [0.05, 0.1) is 12.2 Å². The Hall–Kier alpha value is -4.25. The number of carbonyl (C=O) groups excluding carboxylic acids is 1. The summed E-state index contributed by atoms with van der Waals surface area (Å²) in [6, 6.07) is 30.6. The van der Waals surface area contributed by atoms with E-state index < -0.39 is 0 Å². The van der Waals surface area contributed by atoms with Crippen molar-refractivity contribution < 1.29 is 9.18 Å². The van der Waals surface area contributed by atoms with Crippen LogP contribution in [0.2, 0.25) is 0 Å². The van der Waals surface area contributed by atoms with E-state index in [0.29, 0.717) is 6.54 Å². The van der Waals surface area contributed by atoms with Gasteiger partial charge in [0.25, 0.3) is 0 Å². The number of fused-ring (bicyclic) bond motifs is 1. The molecule has 1 N–H and O–H groups in total. The lowest BCUT2D eigenvalue weighted by molar-refractivity contribution is -0.121. The molecule has 0 radical (unpaired) electrons. The third-order valence-corrected chi connectivity index (χ3v) is 6.25. The summed E-state index contributed by atoms with van der Waals surface area (Å²) in [7, 11) is 0. The lowest BCUT2D eigenvalue weighted by atomic mass is 9.88. The summed E-state index contributed by atoms with van der Waals surface area (Å²) < 4.78 is 16.0. The molecule has 0 saturated heterocycles. The number of para-hydroxylation sites is 1. The van der Waals surface area contributed by atoms with Crippen molar-refractivity contribution in [2.24, 2.45) is 0 Å². The van der Waals surface area contributed by atoms with Crippen LogP contribution >= 0.6 is 0 Å². The smallest absolute Gasteiger partial charge is 0.221 e. The molecule has 4 nitrogen and oxygen atoms in total. The first-order valence-electron chi connectivity index (χ1n) is 11.7. The van der Waals surface area contributed by atoms with E-state index in [4.69, 9.17) is 0 Å². The van der Waals surface area contributed by atoms with Crippen LogP contribution in [0.4, 0.5) is 4.39 Å². The molecular weight excluding hydrogens is 437 g/mol. The Bertz CT molecular complexity index is 1410. The number of hydrogen-bond donors (Lipinski definition) is 1. The quantitative estimate of drug-likeness (QED) is 0.304. The third kappa shape index (κ3) is 5.30. The Morgan fingerprint density at radius 3 is 2.40 bits per heavy atom. The van der Waals surface area contributed by atoms with Crippen LogP contribution in [0.3, 0.4) is 0 Å². The molecule has 5 heteroatoms. The highest BCUT2D eigenvalue weighted by atomic mass is 19.1. The van der Waals surface area contributed by atoms with Gasteiger partial charge in [0.2, 0.25) is 5.91 Å². The summed E-state index contributed by atoms with van der Waals surface area (Å²) in [5, 5.41) is 4.09. The maximum absolute atomic E-state index is 13.7. The molecule has 0 spiro atoms. The summed E-state index contributed by atoms with van der Waals surface area (Å²) in [5.74, 6) is -0.593. The van der Waals surface area contributed by atoms with E-state index in [1.54, 1.807) is 18.3 Å². The lowest BCUT2D eigenvalue weighted by Gasteiger charge is -2.17. The van der Waals surface area contributed by atoms with Gasteiger partial charge in [-0.1, -0.05) is 66.7 Å². The van der Waals surface area contributed by atoms with E-state index in [1.165, 1.54) is 17.7 Å². The van der Waals surface area contributed by atoms with Gasteiger partial charge in [-0.2, -0.15) is 0 Å². The molecule has 35 heavy (non-hydrogen) atoms. The van der Waals surface area contributed by atoms with E-state index in [1.807, 2.05) is 48.5 Å². The Kier molecular flexibility index (Phi) is 6.66. The molecule has 0 aliphatic heterocycles. The Balaban J connectivity index is 1.49. The van der Waals surface area contributed by atoms with Gasteiger partial charge < -0.3 is 9.88 Å². The van der Waals surface area contributed by atoms with Gasteiger partial charge >= 0.3 is 0 Å². The van der Waals surface area contributed by atoms with Gasteiger partial charge in [-0.15, -0.1) is 0 Å². The molecule has 3 aromatic carbocycles. The SMILES string of the molecule is O=C(CC(c1ccc(F)cc1)c1cn(Cc2ccccc2)c2ccccc12)NCc1ccccn1. The minimum atomic E-state index is -0.293. The van der Waals surface area contributed by atoms with Crippen molar-refractivity contribution in [3.8, 4) is 0 Å². The van der Waals surface area contributed by atoms with Crippen molar-refractivity contribution in [3.05, 3.63) is 138 Å². The van der Waals surface area contributed by atoms with Gasteiger partial charge in [0.1, 0.15) is 5.82 Å². The maximum Gasteiger partial charge on any atom is 0.221 e. The predicted octanol–water partition coefficient (Wildman–Crippen LogP) is 6.06. The monoisotopic (exact) mass is 463 g/mol. The first-order valence-corrected chi connectivity index (χ1v) is 11.7. The normalized spacial score (nSPS) is 11.9. The molecule has 1 unspecified atom stereocenters. The molecule has 174 valence electrons. The largest absolute Gasteiger partial charge is 0.350 e. The Morgan fingerprint density at radius 1 is 0.886 bits per heavy atom. The molecule has 5 rings (SSSR count). The summed E-state index contributed by atoms with van der Waals surface area (Å²) in [6.45, 7) is 1.09. The Morgan fingerprint density at radius 2 is 1.63 bits per heavy atom. The van der Waals surface area contributed by atoms with Crippen molar-refractivity contribution >= 4 is 16.8 Å². The number of carbonyl (C=O) groups is 1. The van der Waals surface area contributed by atoms with Crippen molar-refractivity contribution in [1.82, 2.24) is 14.9 Å². The number of nitrogens with one attached hydrogen (secondary N) is 1. The fraction of sp³-hybridized carbons (Fsp3) is 0.133. The van der Waals surface area contributed by atoms with Gasteiger partial charge in [0, 0.05) is 42.2 Å². The second kappa shape index (κ2) is 10.3. The van der Waals surface area contributed by atoms with Gasteiger partial charge in [0.15, 0.2) is 0 Å². The molecule has 0 aliphatic carbocycles. The number of halogens is 1. The van der Waals surface area contributed by atoms with Gasteiger partial charge in [-0.05, 0) is 47.0 Å². The van der Waals surface area contributed by atoms with Crippen LogP contribution in [0.5, 0.6) is 0 Å². The van der Waals surface area contributed by atoms with Crippen molar-refractivity contribution in [1.29, 1.82) is 0 Å². The zero-order valence-corrected chi connectivity index (χ0v) is 19.3. The number of nitrogens with zero attached hydrogens (tertiary/aromatic N) is 2. The molecule has 0 fully saturated rings. The molecule has 0 saturated carbocycles. The van der Waals surface area contributed by atoms with Crippen LogP contribution in [0, 0.1) is 5.82 Å². The van der Waals surface area contributed by atoms with E-state index in [9.17, 15) is 9.18 Å². The molecule has 0 bridgehead atoms. The van der Waals surface area contributed by atoms with E-state index in [0.717, 1.165) is 34.3 Å². The first kappa shape index (κ1) is 22.5. The summed E-state index contributed by atoms with van der Waals surface area (Å²) in [6.07, 6.45) is 4.10. The molecule has 1 atom stereocenters. The van der Waals surface area contributed by atoms with Crippen LogP contribution in [-0.4, -0.2) is 15.5 Å². The molecular formula is C30H26FN3O. The standard InChI is InChI=1S/C30H26FN3O/c31-24-15-13-23(14-16-24)27(18-30(35)33-19-25-10-6-7-17-32-25)28-21-34(20-22-8-2-1-3-9-22)29-12-5-4-11-26(28)29/h1-17,21,27H,18-20H2,(H,33,35). The summed E-state index contributed by atoms with van der Waals surface area (Å²) >= 11 is 0. The molecule has 0 aliphatic rings. The van der Waals surface area contributed by atoms with Crippen LogP contribution < -0.4 is 5.32 Å². The second-order valence-corrected chi connectivity index (χ2v) is 8.62. The predicted molar refractivity (Wildman–Crippen MR) is 136 cm³/mol. The number of pyridine rings is 1. The van der Waals surface area contributed by atoms with Crippen LogP contribution in [0.1, 0.15) is 34.7 Å². The van der Waals surface area contributed by atoms with Crippen molar-refractivity contribution in [2.45, 2.75) is 25.4 Å². The zero-order chi connectivity index (χ0) is 24.0. The number of rotatable bonds is 8. The number of amides is 1. The summed E-state index contributed by atoms with van der Waals surface area (Å²) in [4.78, 5) is 17.3. The fourth-order valence-corrected chi connectivity index (χ4v) is 4.52. The van der Waals surface area contributed by atoms with Crippen molar-refractivity contribution in [2.75, 3.05) is 0 Å². The van der Waals surface area contributed by atoms with E-state index >= 15 is 0 Å². The fourth-order valence-electron chi connectivity index (χ4n) is 4.52. The highest BCUT2D eigenvalue weighted by Crippen LogP contribution is 2.35. The first-order chi connectivity index (χ1) is 17.2. The van der Waals surface area contributed by atoms with Gasteiger partial charge in [-0.3, -0.25) is 9.78 Å². The topological polar surface area (TPSA) is 46.9 Å². The lowest BCUT2D eigenvalue weighted by Crippen LogP contribution is -2.25. The summed E-state index contributed by atoms with van der Waals surface area (Å²) in [5.41, 5.74) is 5.07.